The van der Waals surface area contributed by atoms with E-state index in [1.165, 1.54) is 0 Å². The molecule has 2 N–H and O–H groups in total. The highest BCUT2D eigenvalue weighted by Crippen LogP contribution is 2.18. The molecule has 7 heteroatoms. The van der Waals surface area contributed by atoms with E-state index in [0.29, 0.717) is 25.4 Å². The van der Waals surface area contributed by atoms with Crippen molar-refractivity contribution >= 4 is 11.6 Å². The second kappa shape index (κ2) is 11.0. The predicted molar refractivity (Wildman–Crippen MR) is 103 cm³/mol. The average molecular weight is 366 g/mol. The van der Waals surface area contributed by atoms with Gasteiger partial charge < -0.3 is 25.0 Å². The SMILES string of the molecule is CCNC(=NCc1ccc(N(C)C)c(F)c1)NCCCOC1CCOC1. The summed E-state index contributed by atoms with van der Waals surface area (Å²) in [5, 5.41) is 6.49. The van der Waals surface area contributed by atoms with Gasteiger partial charge in [0.15, 0.2) is 5.96 Å². The maximum absolute atomic E-state index is 14.0. The third-order valence-corrected chi connectivity index (χ3v) is 4.11. The summed E-state index contributed by atoms with van der Waals surface area (Å²) in [5.41, 5.74) is 1.42. The van der Waals surface area contributed by atoms with E-state index < -0.39 is 0 Å². The molecule has 1 aromatic rings. The third-order valence-electron chi connectivity index (χ3n) is 4.11. The molecular weight excluding hydrogens is 335 g/mol. The molecular formula is C19H31FN4O2. The number of halogens is 1. The second-order valence-corrected chi connectivity index (χ2v) is 6.51. The van der Waals surface area contributed by atoms with Crippen LogP contribution in [0.3, 0.4) is 0 Å². The van der Waals surface area contributed by atoms with Crippen LogP contribution >= 0.6 is 0 Å². The van der Waals surface area contributed by atoms with Gasteiger partial charge in [-0.15, -0.1) is 0 Å². The Bertz CT molecular complexity index is 575. The topological polar surface area (TPSA) is 58.1 Å². The minimum absolute atomic E-state index is 0.228. The molecule has 0 radical (unpaired) electrons. The zero-order valence-corrected chi connectivity index (χ0v) is 16.1. The molecule has 0 bridgehead atoms. The Morgan fingerprint density at radius 1 is 1.38 bits per heavy atom. The summed E-state index contributed by atoms with van der Waals surface area (Å²) in [5.74, 6) is 0.502. The van der Waals surface area contributed by atoms with Crippen molar-refractivity contribution in [1.82, 2.24) is 10.6 Å². The lowest BCUT2D eigenvalue weighted by molar-refractivity contribution is 0.0420. The quantitative estimate of drug-likeness (QED) is 0.398. The monoisotopic (exact) mass is 366 g/mol. The van der Waals surface area contributed by atoms with Crippen LogP contribution in [0.1, 0.15) is 25.3 Å². The highest BCUT2D eigenvalue weighted by Gasteiger charge is 2.15. The van der Waals surface area contributed by atoms with Crippen LogP contribution in [0.15, 0.2) is 23.2 Å². The van der Waals surface area contributed by atoms with E-state index >= 15 is 0 Å². The minimum atomic E-state index is -0.228. The summed E-state index contributed by atoms with van der Waals surface area (Å²) in [7, 11) is 3.65. The van der Waals surface area contributed by atoms with Crippen LogP contribution in [0.5, 0.6) is 0 Å². The van der Waals surface area contributed by atoms with E-state index in [1.807, 2.05) is 27.1 Å². The standard InChI is InChI=1S/C19H31FN4O2/c1-4-21-19(22-9-5-10-26-16-8-11-25-14-16)23-13-15-6-7-18(24(2)3)17(20)12-15/h6-7,12,16H,4-5,8-11,13-14H2,1-3H3,(H2,21,22,23). The first kappa shape index (κ1) is 20.5. The molecule has 146 valence electrons. The van der Waals surface area contributed by atoms with Gasteiger partial charge in [0.1, 0.15) is 5.82 Å². The Morgan fingerprint density at radius 3 is 2.88 bits per heavy atom. The van der Waals surface area contributed by atoms with E-state index in [9.17, 15) is 4.39 Å². The van der Waals surface area contributed by atoms with Crippen LogP contribution in [-0.2, 0) is 16.0 Å². The summed E-state index contributed by atoms with van der Waals surface area (Å²) in [4.78, 5) is 6.29. The molecule has 1 fully saturated rings. The molecule has 1 heterocycles. The van der Waals surface area contributed by atoms with Gasteiger partial charge in [-0.3, -0.25) is 0 Å². The van der Waals surface area contributed by atoms with Crippen LogP contribution in [0.4, 0.5) is 10.1 Å². The highest BCUT2D eigenvalue weighted by atomic mass is 19.1. The van der Waals surface area contributed by atoms with Crippen molar-refractivity contribution in [3.8, 4) is 0 Å². The number of aliphatic imine (C=N–C) groups is 1. The van der Waals surface area contributed by atoms with Gasteiger partial charge in [0.2, 0.25) is 0 Å². The fourth-order valence-electron chi connectivity index (χ4n) is 2.70. The minimum Gasteiger partial charge on any atom is -0.379 e. The van der Waals surface area contributed by atoms with Crippen LogP contribution < -0.4 is 15.5 Å². The van der Waals surface area contributed by atoms with Gasteiger partial charge in [-0.1, -0.05) is 6.07 Å². The van der Waals surface area contributed by atoms with E-state index in [2.05, 4.69) is 15.6 Å². The van der Waals surface area contributed by atoms with E-state index in [1.54, 1.807) is 17.0 Å². The van der Waals surface area contributed by atoms with Crippen molar-refractivity contribution in [2.45, 2.75) is 32.4 Å². The van der Waals surface area contributed by atoms with Crippen LogP contribution in [0, 0.1) is 5.82 Å². The first-order valence-corrected chi connectivity index (χ1v) is 9.27. The lowest BCUT2D eigenvalue weighted by atomic mass is 10.2. The number of nitrogens with zero attached hydrogens (tertiary/aromatic N) is 2. The fourth-order valence-corrected chi connectivity index (χ4v) is 2.70. The number of benzene rings is 1. The Balaban J connectivity index is 1.77. The molecule has 26 heavy (non-hydrogen) atoms. The number of nitrogens with one attached hydrogen (secondary N) is 2. The summed E-state index contributed by atoms with van der Waals surface area (Å²) < 4.78 is 25.1. The number of hydrogen-bond donors (Lipinski definition) is 2. The number of guanidine groups is 1. The van der Waals surface area contributed by atoms with Gasteiger partial charge in [0, 0.05) is 40.4 Å². The maximum atomic E-state index is 14.0. The summed E-state index contributed by atoms with van der Waals surface area (Å²) in [6.45, 7) is 6.21. The van der Waals surface area contributed by atoms with Gasteiger partial charge in [0.05, 0.1) is 24.9 Å². The summed E-state index contributed by atoms with van der Waals surface area (Å²) >= 11 is 0. The van der Waals surface area contributed by atoms with Gasteiger partial charge >= 0.3 is 0 Å². The largest absolute Gasteiger partial charge is 0.379 e. The van der Waals surface area contributed by atoms with E-state index in [-0.39, 0.29) is 11.9 Å². The predicted octanol–water partition coefficient (Wildman–Crippen LogP) is 2.14. The zero-order valence-electron chi connectivity index (χ0n) is 16.1. The molecule has 0 aromatic heterocycles. The van der Waals surface area contributed by atoms with Gasteiger partial charge in [-0.2, -0.15) is 0 Å². The van der Waals surface area contributed by atoms with E-state index in [4.69, 9.17) is 9.47 Å². The molecule has 0 amide bonds. The molecule has 1 unspecified atom stereocenters. The van der Waals surface area contributed by atoms with Crippen molar-refractivity contribution in [3.05, 3.63) is 29.6 Å². The number of rotatable bonds is 9. The van der Waals surface area contributed by atoms with Crippen molar-refractivity contribution in [2.75, 3.05) is 51.9 Å². The number of anilines is 1. The van der Waals surface area contributed by atoms with E-state index in [0.717, 1.165) is 44.1 Å². The number of hydrogen-bond acceptors (Lipinski definition) is 4. The van der Waals surface area contributed by atoms with Gasteiger partial charge in [-0.05, 0) is 37.5 Å². The summed E-state index contributed by atoms with van der Waals surface area (Å²) in [6.07, 6.45) is 2.13. The molecule has 2 rings (SSSR count). The zero-order chi connectivity index (χ0) is 18.8. The molecule has 0 aliphatic carbocycles. The number of ether oxygens (including phenoxy) is 2. The first-order valence-electron chi connectivity index (χ1n) is 9.27. The fraction of sp³-hybridized carbons (Fsp3) is 0.632. The maximum Gasteiger partial charge on any atom is 0.191 e. The Hall–Kier alpha value is -1.86. The van der Waals surface area contributed by atoms with Crippen molar-refractivity contribution in [3.63, 3.8) is 0 Å². The highest BCUT2D eigenvalue weighted by molar-refractivity contribution is 5.79. The molecule has 1 aliphatic heterocycles. The van der Waals surface area contributed by atoms with Crippen LogP contribution in [0.25, 0.3) is 0 Å². The second-order valence-electron chi connectivity index (χ2n) is 6.51. The molecule has 1 aliphatic rings. The Morgan fingerprint density at radius 2 is 2.23 bits per heavy atom. The molecule has 0 spiro atoms. The third kappa shape index (κ3) is 6.80. The lowest BCUT2D eigenvalue weighted by Gasteiger charge is -2.14. The molecule has 6 nitrogen and oxygen atoms in total. The average Bonchev–Trinajstić information content (AvgIpc) is 3.12. The molecule has 1 aromatic carbocycles. The van der Waals surface area contributed by atoms with Crippen molar-refractivity contribution in [2.24, 2.45) is 4.99 Å². The van der Waals surface area contributed by atoms with Crippen molar-refractivity contribution in [1.29, 1.82) is 0 Å². The van der Waals surface area contributed by atoms with Crippen LogP contribution in [0.2, 0.25) is 0 Å². The molecule has 1 atom stereocenters. The molecule has 0 saturated carbocycles. The van der Waals surface area contributed by atoms with Gasteiger partial charge in [0.25, 0.3) is 0 Å². The Kier molecular flexibility index (Phi) is 8.64. The smallest absolute Gasteiger partial charge is 0.191 e. The van der Waals surface area contributed by atoms with Crippen molar-refractivity contribution < 1.29 is 13.9 Å². The van der Waals surface area contributed by atoms with Gasteiger partial charge in [-0.25, -0.2) is 9.38 Å². The first-order chi connectivity index (χ1) is 12.6. The Labute approximate surface area is 155 Å². The summed E-state index contributed by atoms with van der Waals surface area (Å²) in [6, 6.07) is 5.23. The lowest BCUT2D eigenvalue weighted by Crippen LogP contribution is -2.38. The molecule has 1 saturated heterocycles. The van der Waals surface area contributed by atoms with Crippen LogP contribution in [-0.4, -0.2) is 59.1 Å². The normalized spacial score (nSPS) is 17.4.